The average Bonchev–Trinajstić information content (AvgIpc) is 3.26. The van der Waals surface area contributed by atoms with Gasteiger partial charge in [-0.2, -0.15) is 0 Å². The van der Waals surface area contributed by atoms with Gasteiger partial charge in [0, 0.05) is 25.5 Å². The van der Waals surface area contributed by atoms with Crippen LogP contribution in [0.25, 0.3) is 0 Å². The van der Waals surface area contributed by atoms with E-state index < -0.39 is 0 Å². The maximum atomic E-state index is 12.0. The van der Waals surface area contributed by atoms with Gasteiger partial charge in [-0.3, -0.25) is 9.69 Å². The Kier molecular flexibility index (Phi) is 9.67. The first-order chi connectivity index (χ1) is 14.0. The van der Waals surface area contributed by atoms with Crippen LogP contribution in [0.15, 0.2) is 52.8 Å². The molecular weight excluding hydrogens is 382 g/mol. The number of thiophene rings is 1. The van der Waals surface area contributed by atoms with Crippen molar-refractivity contribution >= 4 is 23.2 Å². The third-order valence-electron chi connectivity index (χ3n) is 4.78. The largest absolute Gasteiger partial charge is 0.354 e. The van der Waals surface area contributed by atoms with Gasteiger partial charge in [0.05, 0.1) is 12.6 Å². The van der Waals surface area contributed by atoms with Gasteiger partial charge in [-0.15, -0.1) is 11.3 Å². The van der Waals surface area contributed by atoms with Crippen molar-refractivity contribution in [2.75, 3.05) is 40.3 Å². The first kappa shape index (κ1) is 22.9. The highest BCUT2D eigenvalue weighted by molar-refractivity contribution is 7.09. The van der Waals surface area contributed by atoms with Gasteiger partial charge in [-0.1, -0.05) is 50.2 Å². The predicted octanol–water partition coefficient (Wildman–Crippen LogP) is 2.95. The Morgan fingerprint density at radius 3 is 2.38 bits per heavy atom. The molecule has 1 heterocycles. The van der Waals surface area contributed by atoms with Gasteiger partial charge < -0.3 is 15.5 Å². The number of rotatable bonds is 10. The molecule has 0 aliphatic heterocycles. The molecule has 0 saturated heterocycles. The van der Waals surface area contributed by atoms with Crippen molar-refractivity contribution < 1.29 is 4.79 Å². The number of hydrogen-bond acceptors (Lipinski definition) is 4. The zero-order valence-electron chi connectivity index (χ0n) is 17.9. The van der Waals surface area contributed by atoms with E-state index in [1.54, 1.807) is 30.3 Å². The molecule has 0 aliphatic carbocycles. The molecule has 1 amide bonds. The van der Waals surface area contributed by atoms with E-state index in [9.17, 15) is 4.79 Å². The van der Waals surface area contributed by atoms with Crippen molar-refractivity contribution in [3.05, 3.63) is 58.3 Å². The number of nitrogens with zero attached hydrogens (tertiary/aromatic N) is 3. The summed E-state index contributed by atoms with van der Waals surface area (Å²) in [4.78, 5) is 21.7. The van der Waals surface area contributed by atoms with Crippen molar-refractivity contribution in [3.8, 4) is 0 Å². The second kappa shape index (κ2) is 12.2. The number of nitrogens with one attached hydrogen (secondary N) is 2. The second-order valence-corrected chi connectivity index (χ2v) is 7.95. The molecule has 2 rings (SSSR count). The van der Waals surface area contributed by atoms with Crippen LogP contribution in [0.2, 0.25) is 0 Å². The zero-order chi connectivity index (χ0) is 21.1. The number of likely N-dealkylation sites (N-methyl/N-ethyl adjacent to an activating group) is 2. The summed E-state index contributed by atoms with van der Waals surface area (Å²) < 4.78 is 0. The van der Waals surface area contributed by atoms with Gasteiger partial charge in [-0.05, 0) is 30.1 Å². The molecule has 0 aliphatic rings. The summed E-state index contributed by atoms with van der Waals surface area (Å²) >= 11 is 1.70. The molecule has 7 heteroatoms. The van der Waals surface area contributed by atoms with Crippen LogP contribution in [0.3, 0.4) is 0 Å². The third kappa shape index (κ3) is 7.51. The molecule has 1 unspecified atom stereocenters. The highest BCUT2D eigenvalue weighted by Crippen LogP contribution is 2.19. The fourth-order valence-corrected chi connectivity index (χ4v) is 3.68. The van der Waals surface area contributed by atoms with E-state index in [0.29, 0.717) is 19.0 Å². The molecule has 1 aromatic heterocycles. The number of guanidine groups is 1. The molecule has 0 radical (unpaired) electrons. The van der Waals surface area contributed by atoms with Crippen LogP contribution in [0.1, 0.15) is 30.3 Å². The smallest absolute Gasteiger partial charge is 0.243 e. The second-order valence-electron chi connectivity index (χ2n) is 6.91. The summed E-state index contributed by atoms with van der Waals surface area (Å²) in [7, 11) is 3.49. The first-order valence-corrected chi connectivity index (χ1v) is 11.0. The van der Waals surface area contributed by atoms with Crippen LogP contribution < -0.4 is 10.6 Å². The fraction of sp³-hybridized carbons (Fsp3) is 0.455. The molecule has 2 aromatic rings. The Balaban J connectivity index is 2.11. The minimum Gasteiger partial charge on any atom is -0.354 e. The van der Waals surface area contributed by atoms with Crippen LogP contribution in [0.4, 0.5) is 0 Å². The molecule has 2 N–H and O–H groups in total. The van der Waals surface area contributed by atoms with E-state index in [-0.39, 0.29) is 18.5 Å². The molecule has 158 valence electrons. The summed E-state index contributed by atoms with van der Waals surface area (Å²) in [6.45, 7) is 7.80. The maximum absolute atomic E-state index is 12.0. The van der Waals surface area contributed by atoms with Crippen LogP contribution in [0.5, 0.6) is 0 Å². The quantitative estimate of drug-likeness (QED) is 0.463. The van der Waals surface area contributed by atoms with Crippen LogP contribution in [-0.2, 0) is 11.3 Å². The van der Waals surface area contributed by atoms with Gasteiger partial charge in [-0.25, -0.2) is 4.99 Å². The third-order valence-corrected chi connectivity index (χ3v) is 5.66. The van der Waals surface area contributed by atoms with Crippen molar-refractivity contribution in [2.45, 2.75) is 26.4 Å². The van der Waals surface area contributed by atoms with E-state index in [1.807, 2.05) is 12.1 Å². The van der Waals surface area contributed by atoms with Gasteiger partial charge in [0.25, 0.3) is 0 Å². The lowest BCUT2D eigenvalue weighted by atomic mass is 10.1. The average molecular weight is 416 g/mol. The molecule has 0 saturated carbocycles. The van der Waals surface area contributed by atoms with Gasteiger partial charge in [0.2, 0.25) is 5.91 Å². The predicted molar refractivity (Wildman–Crippen MR) is 122 cm³/mol. The Bertz CT molecular complexity index is 742. The molecule has 0 spiro atoms. The van der Waals surface area contributed by atoms with Crippen LogP contribution in [0, 0.1) is 0 Å². The van der Waals surface area contributed by atoms with E-state index >= 15 is 0 Å². The van der Waals surface area contributed by atoms with Crippen molar-refractivity contribution in [2.24, 2.45) is 4.99 Å². The summed E-state index contributed by atoms with van der Waals surface area (Å²) in [6, 6.07) is 14.9. The summed E-state index contributed by atoms with van der Waals surface area (Å²) in [5.74, 6) is 0.632. The monoisotopic (exact) mass is 415 g/mol. The van der Waals surface area contributed by atoms with Gasteiger partial charge in [0.15, 0.2) is 5.96 Å². The first-order valence-electron chi connectivity index (χ1n) is 10.1. The molecule has 6 nitrogen and oxygen atoms in total. The minimum atomic E-state index is -0.0226. The number of hydrogen-bond donors (Lipinski definition) is 2. The van der Waals surface area contributed by atoms with Crippen molar-refractivity contribution in [1.29, 1.82) is 0 Å². The molecule has 1 atom stereocenters. The lowest BCUT2D eigenvalue weighted by Crippen LogP contribution is -2.43. The number of carbonyl (C=O) groups is 1. The maximum Gasteiger partial charge on any atom is 0.243 e. The minimum absolute atomic E-state index is 0.0226. The molecule has 29 heavy (non-hydrogen) atoms. The Hall–Kier alpha value is -2.38. The Labute approximate surface area is 178 Å². The van der Waals surface area contributed by atoms with E-state index in [2.05, 4.69) is 70.1 Å². The standard InChI is InChI=1S/C22H33N5OS/c1-5-27(6-2)20(18-11-8-7-9-12-18)16-24-22(25-17-21(28)26(3)4)23-15-19-13-10-14-29-19/h7-14,20H,5-6,15-17H2,1-4H3,(H2,23,24,25). The van der Waals surface area contributed by atoms with Gasteiger partial charge in [0.1, 0.15) is 6.54 Å². The molecule has 0 bridgehead atoms. The molecule has 1 aromatic carbocycles. The van der Waals surface area contributed by atoms with Crippen LogP contribution >= 0.6 is 11.3 Å². The lowest BCUT2D eigenvalue weighted by Gasteiger charge is -2.31. The fourth-order valence-electron chi connectivity index (χ4n) is 3.04. The van der Waals surface area contributed by atoms with Crippen molar-refractivity contribution in [1.82, 2.24) is 20.4 Å². The van der Waals surface area contributed by atoms with E-state index in [4.69, 9.17) is 0 Å². The van der Waals surface area contributed by atoms with Crippen molar-refractivity contribution in [3.63, 3.8) is 0 Å². The summed E-state index contributed by atoms with van der Waals surface area (Å²) in [5, 5.41) is 8.87. The zero-order valence-corrected chi connectivity index (χ0v) is 18.7. The summed E-state index contributed by atoms with van der Waals surface area (Å²) in [5.41, 5.74) is 1.27. The molecule has 0 fully saturated rings. The number of carbonyl (C=O) groups excluding carboxylic acids is 1. The number of aliphatic imine (C=N–C) groups is 1. The normalized spacial score (nSPS) is 12.7. The van der Waals surface area contributed by atoms with E-state index in [0.717, 1.165) is 13.1 Å². The highest BCUT2D eigenvalue weighted by atomic mass is 32.1. The lowest BCUT2D eigenvalue weighted by molar-refractivity contribution is -0.127. The van der Waals surface area contributed by atoms with Gasteiger partial charge >= 0.3 is 0 Å². The Morgan fingerprint density at radius 1 is 1.07 bits per heavy atom. The highest BCUT2D eigenvalue weighted by Gasteiger charge is 2.18. The molecular formula is C22H33N5OS. The van der Waals surface area contributed by atoms with E-state index in [1.165, 1.54) is 10.4 Å². The Morgan fingerprint density at radius 2 is 1.79 bits per heavy atom. The topological polar surface area (TPSA) is 60.0 Å². The van der Waals surface area contributed by atoms with Crippen LogP contribution in [-0.4, -0.2) is 61.9 Å². The number of amides is 1. The summed E-state index contributed by atoms with van der Waals surface area (Å²) in [6.07, 6.45) is 0. The SMILES string of the molecule is CCN(CC)C(CNC(=NCC(=O)N(C)C)NCc1cccs1)c1ccccc1. The number of benzene rings is 1.